The Labute approximate surface area is 124 Å². The van der Waals surface area contributed by atoms with Gasteiger partial charge in [-0.2, -0.15) is 0 Å². The molecule has 7 heteroatoms. The second-order valence-electron chi connectivity index (χ2n) is 4.83. The standard InChI is InChI=1S/C14H22N2O5/c1-11(9-17)10-21-14-4-3-12(7-13(14)16(18)19)8-15-5-6-20-2/h3-4,7,11,15,17H,5-6,8-10H2,1-2H3. The fourth-order valence-corrected chi connectivity index (χ4v) is 1.63. The van der Waals surface area contributed by atoms with Crippen LogP contribution in [0.15, 0.2) is 18.2 Å². The lowest BCUT2D eigenvalue weighted by atomic mass is 10.2. The lowest BCUT2D eigenvalue weighted by molar-refractivity contribution is -0.386. The summed E-state index contributed by atoms with van der Waals surface area (Å²) >= 11 is 0. The topological polar surface area (TPSA) is 93.9 Å². The van der Waals surface area contributed by atoms with Crippen LogP contribution in [0.3, 0.4) is 0 Å². The van der Waals surface area contributed by atoms with Crippen LogP contribution in [0.2, 0.25) is 0 Å². The third kappa shape index (κ3) is 6.07. The molecule has 0 amide bonds. The Kier molecular flexibility index (Phi) is 7.66. The molecule has 1 rings (SSSR count). The first kappa shape index (κ1) is 17.4. The van der Waals surface area contributed by atoms with E-state index in [1.165, 1.54) is 6.07 Å². The largest absolute Gasteiger partial charge is 0.486 e. The van der Waals surface area contributed by atoms with Gasteiger partial charge in [0.25, 0.3) is 0 Å². The van der Waals surface area contributed by atoms with E-state index < -0.39 is 4.92 Å². The molecule has 0 radical (unpaired) electrons. The average Bonchev–Trinajstić information content (AvgIpc) is 2.49. The number of methoxy groups -OCH3 is 1. The molecular weight excluding hydrogens is 276 g/mol. The summed E-state index contributed by atoms with van der Waals surface area (Å²) in [5, 5.41) is 23.2. The SMILES string of the molecule is COCCNCc1ccc(OCC(C)CO)c([N+](=O)[O-])c1. The Morgan fingerprint density at radius 1 is 1.48 bits per heavy atom. The van der Waals surface area contributed by atoms with E-state index >= 15 is 0 Å². The molecule has 0 fully saturated rings. The van der Waals surface area contributed by atoms with E-state index in [1.54, 1.807) is 26.2 Å². The number of hydrogen-bond donors (Lipinski definition) is 2. The fourth-order valence-electron chi connectivity index (χ4n) is 1.63. The van der Waals surface area contributed by atoms with Crippen LogP contribution >= 0.6 is 0 Å². The lowest BCUT2D eigenvalue weighted by Gasteiger charge is -2.11. The van der Waals surface area contributed by atoms with Crippen LogP contribution in [-0.2, 0) is 11.3 Å². The van der Waals surface area contributed by atoms with Crippen LogP contribution < -0.4 is 10.1 Å². The molecule has 0 heterocycles. The first-order valence-electron chi connectivity index (χ1n) is 6.79. The van der Waals surface area contributed by atoms with Gasteiger partial charge < -0.3 is 19.9 Å². The number of nitro benzene ring substituents is 1. The summed E-state index contributed by atoms with van der Waals surface area (Å²) in [6, 6.07) is 4.88. The second kappa shape index (κ2) is 9.28. The summed E-state index contributed by atoms with van der Waals surface area (Å²) in [4.78, 5) is 10.6. The van der Waals surface area contributed by atoms with Gasteiger partial charge in [0.15, 0.2) is 5.75 Å². The van der Waals surface area contributed by atoms with E-state index in [0.29, 0.717) is 19.7 Å². The highest BCUT2D eigenvalue weighted by Crippen LogP contribution is 2.28. The highest BCUT2D eigenvalue weighted by molar-refractivity contribution is 5.48. The summed E-state index contributed by atoms with van der Waals surface area (Å²) in [5.41, 5.74) is 0.742. The summed E-state index contributed by atoms with van der Waals surface area (Å²) in [6.07, 6.45) is 0. The van der Waals surface area contributed by atoms with Gasteiger partial charge in [-0.1, -0.05) is 13.0 Å². The van der Waals surface area contributed by atoms with Crippen LogP contribution in [0.25, 0.3) is 0 Å². The number of hydrogen-bond acceptors (Lipinski definition) is 6. The number of benzene rings is 1. The highest BCUT2D eigenvalue weighted by Gasteiger charge is 2.16. The van der Waals surface area contributed by atoms with Crippen molar-refractivity contribution in [1.82, 2.24) is 5.32 Å². The van der Waals surface area contributed by atoms with Crippen molar-refractivity contribution in [2.75, 3.05) is 33.5 Å². The van der Waals surface area contributed by atoms with Gasteiger partial charge in [0.1, 0.15) is 0 Å². The normalized spacial score (nSPS) is 12.1. The van der Waals surface area contributed by atoms with Crippen molar-refractivity contribution in [3.8, 4) is 5.75 Å². The molecule has 0 spiro atoms. The first-order valence-corrected chi connectivity index (χ1v) is 6.79. The van der Waals surface area contributed by atoms with Gasteiger partial charge in [0.2, 0.25) is 0 Å². The number of rotatable bonds is 10. The van der Waals surface area contributed by atoms with Gasteiger partial charge >= 0.3 is 5.69 Å². The zero-order valence-electron chi connectivity index (χ0n) is 12.4. The minimum Gasteiger partial charge on any atom is -0.486 e. The predicted molar refractivity (Wildman–Crippen MR) is 78.4 cm³/mol. The number of ether oxygens (including phenoxy) is 2. The molecule has 0 bridgehead atoms. The molecule has 1 aromatic carbocycles. The van der Waals surface area contributed by atoms with E-state index in [0.717, 1.165) is 5.56 Å². The van der Waals surface area contributed by atoms with Crippen molar-refractivity contribution >= 4 is 5.69 Å². The summed E-state index contributed by atoms with van der Waals surface area (Å²) in [6.45, 7) is 3.81. The summed E-state index contributed by atoms with van der Waals surface area (Å²) in [7, 11) is 1.62. The Morgan fingerprint density at radius 2 is 2.24 bits per heavy atom. The molecule has 0 aromatic heterocycles. The van der Waals surface area contributed by atoms with Gasteiger partial charge in [-0.25, -0.2) is 0 Å². The van der Waals surface area contributed by atoms with Gasteiger partial charge in [-0.3, -0.25) is 10.1 Å². The van der Waals surface area contributed by atoms with Crippen LogP contribution in [0, 0.1) is 16.0 Å². The van der Waals surface area contributed by atoms with E-state index in [4.69, 9.17) is 14.6 Å². The Morgan fingerprint density at radius 3 is 2.86 bits per heavy atom. The molecule has 2 N–H and O–H groups in total. The van der Waals surface area contributed by atoms with Crippen LogP contribution in [0.5, 0.6) is 5.75 Å². The molecule has 0 aliphatic rings. The maximum Gasteiger partial charge on any atom is 0.311 e. The molecule has 118 valence electrons. The van der Waals surface area contributed by atoms with Crippen molar-refractivity contribution in [2.45, 2.75) is 13.5 Å². The maximum absolute atomic E-state index is 11.1. The molecular formula is C14H22N2O5. The van der Waals surface area contributed by atoms with Crippen molar-refractivity contribution in [2.24, 2.45) is 5.92 Å². The minimum absolute atomic E-state index is 0.0186. The fraction of sp³-hybridized carbons (Fsp3) is 0.571. The number of nitrogens with one attached hydrogen (secondary N) is 1. The Balaban J connectivity index is 2.70. The molecule has 1 atom stereocenters. The lowest BCUT2D eigenvalue weighted by Crippen LogP contribution is -2.18. The number of aliphatic hydroxyl groups is 1. The average molecular weight is 298 g/mol. The summed E-state index contributed by atoms with van der Waals surface area (Å²) < 4.78 is 10.3. The van der Waals surface area contributed by atoms with E-state index in [9.17, 15) is 10.1 Å². The van der Waals surface area contributed by atoms with Crippen molar-refractivity contribution in [3.05, 3.63) is 33.9 Å². The van der Waals surface area contributed by atoms with E-state index in [-0.39, 0.29) is 30.6 Å². The first-order chi connectivity index (χ1) is 10.1. The molecule has 0 saturated carbocycles. The predicted octanol–water partition coefficient (Wildman–Crippen LogP) is 1.34. The van der Waals surface area contributed by atoms with Gasteiger partial charge in [-0.05, 0) is 11.6 Å². The van der Waals surface area contributed by atoms with E-state index in [1.807, 2.05) is 0 Å². The number of aliphatic hydroxyl groups excluding tert-OH is 1. The number of nitrogens with zero attached hydrogens (tertiary/aromatic N) is 1. The quantitative estimate of drug-likeness (QED) is 0.384. The van der Waals surface area contributed by atoms with Crippen LogP contribution in [0.4, 0.5) is 5.69 Å². The van der Waals surface area contributed by atoms with Crippen molar-refractivity contribution in [3.63, 3.8) is 0 Å². The van der Waals surface area contributed by atoms with Crippen LogP contribution in [0.1, 0.15) is 12.5 Å². The third-order valence-corrected chi connectivity index (χ3v) is 2.87. The molecule has 1 aromatic rings. The van der Waals surface area contributed by atoms with Crippen molar-refractivity contribution in [1.29, 1.82) is 0 Å². The molecule has 0 saturated heterocycles. The zero-order chi connectivity index (χ0) is 15.7. The van der Waals surface area contributed by atoms with Gasteiger partial charge in [-0.15, -0.1) is 0 Å². The Hall–Kier alpha value is -1.70. The summed E-state index contributed by atoms with van der Waals surface area (Å²) in [5.74, 6) is 0.154. The van der Waals surface area contributed by atoms with Crippen LogP contribution in [-0.4, -0.2) is 43.5 Å². The Bertz CT molecular complexity index is 453. The zero-order valence-corrected chi connectivity index (χ0v) is 12.4. The smallest absolute Gasteiger partial charge is 0.311 e. The maximum atomic E-state index is 11.1. The molecule has 0 aliphatic carbocycles. The van der Waals surface area contributed by atoms with Crippen molar-refractivity contribution < 1.29 is 19.5 Å². The second-order valence-corrected chi connectivity index (χ2v) is 4.83. The highest BCUT2D eigenvalue weighted by atomic mass is 16.6. The van der Waals surface area contributed by atoms with Gasteiger partial charge in [0, 0.05) is 38.8 Å². The van der Waals surface area contributed by atoms with Gasteiger partial charge in [0.05, 0.1) is 18.1 Å². The third-order valence-electron chi connectivity index (χ3n) is 2.87. The molecule has 7 nitrogen and oxygen atoms in total. The van der Waals surface area contributed by atoms with E-state index in [2.05, 4.69) is 5.32 Å². The number of nitro groups is 1. The molecule has 1 unspecified atom stereocenters. The molecule has 21 heavy (non-hydrogen) atoms. The molecule has 0 aliphatic heterocycles. The monoisotopic (exact) mass is 298 g/mol. The minimum atomic E-state index is -0.461.